The van der Waals surface area contributed by atoms with E-state index < -0.39 is 0 Å². The van der Waals surface area contributed by atoms with Crippen LogP contribution in [0.1, 0.15) is 23.8 Å². The second-order valence-corrected chi connectivity index (χ2v) is 3.77. The SMILES string of the molecule is CCN(CCC#N)C(=O)c1nc(N)ccc1Cl. The van der Waals surface area contributed by atoms with Gasteiger partial charge in [0, 0.05) is 13.1 Å². The number of nitrogen functional groups attached to an aromatic ring is 1. The van der Waals surface area contributed by atoms with Crippen LogP contribution in [0.25, 0.3) is 0 Å². The molecule has 17 heavy (non-hydrogen) atoms. The Labute approximate surface area is 105 Å². The fraction of sp³-hybridized carbons (Fsp3) is 0.364. The van der Waals surface area contributed by atoms with E-state index in [1.54, 1.807) is 0 Å². The number of hydrogen-bond donors (Lipinski definition) is 1. The lowest BCUT2D eigenvalue weighted by molar-refractivity contribution is 0.0762. The molecular formula is C11H13ClN4O. The topological polar surface area (TPSA) is 83.0 Å². The van der Waals surface area contributed by atoms with Gasteiger partial charge in [0.1, 0.15) is 11.5 Å². The van der Waals surface area contributed by atoms with E-state index in [0.29, 0.717) is 13.1 Å². The number of carbonyl (C=O) groups is 1. The van der Waals surface area contributed by atoms with E-state index in [1.165, 1.54) is 17.0 Å². The van der Waals surface area contributed by atoms with Crippen LogP contribution in [0.4, 0.5) is 5.82 Å². The molecule has 0 atom stereocenters. The van der Waals surface area contributed by atoms with Gasteiger partial charge in [-0.3, -0.25) is 4.79 Å². The maximum atomic E-state index is 12.1. The van der Waals surface area contributed by atoms with Crippen molar-refractivity contribution < 1.29 is 4.79 Å². The van der Waals surface area contributed by atoms with Gasteiger partial charge in [-0.05, 0) is 19.1 Å². The number of nitrogens with zero attached hydrogens (tertiary/aromatic N) is 3. The molecule has 0 fully saturated rings. The number of hydrogen-bond acceptors (Lipinski definition) is 4. The molecule has 2 N–H and O–H groups in total. The minimum atomic E-state index is -0.306. The number of nitrogens with two attached hydrogens (primary N) is 1. The number of nitriles is 1. The van der Waals surface area contributed by atoms with Crippen molar-refractivity contribution in [2.45, 2.75) is 13.3 Å². The highest BCUT2D eigenvalue weighted by Gasteiger charge is 2.18. The molecule has 0 aliphatic heterocycles. The van der Waals surface area contributed by atoms with Crippen molar-refractivity contribution in [3.63, 3.8) is 0 Å². The van der Waals surface area contributed by atoms with Gasteiger partial charge in [-0.25, -0.2) is 4.98 Å². The first kappa shape index (κ1) is 13.3. The first-order chi connectivity index (χ1) is 8.10. The average Bonchev–Trinajstić information content (AvgIpc) is 2.33. The van der Waals surface area contributed by atoms with Crippen molar-refractivity contribution in [3.8, 4) is 6.07 Å². The average molecular weight is 253 g/mol. The minimum absolute atomic E-state index is 0.131. The summed E-state index contributed by atoms with van der Waals surface area (Å²) in [6, 6.07) is 5.06. The van der Waals surface area contributed by atoms with Crippen molar-refractivity contribution in [2.24, 2.45) is 0 Å². The number of rotatable bonds is 4. The molecule has 5 nitrogen and oxygen atoms in total. The third kappa shape index (κ3) is 3.33. The van der Waals surface area contributed by atoms with Gasteiger partial charge in [-0.2, -0.15) is 5.26 Å². The Kier molecular flexibility index (Phi) is 4.73. The number of amides is 1. The summed E-state index contributed by atoms with van der Waals surface area (Å²) in [5.41, 5.74) is 5.65. The molecule has 6 heteroatoms. The zero-order valence-electron chi connectivity index (χ0n) is 9.48. The molecule has 0 unspecified atom stereocenters. The predicted octanol–water partition coefficient (Wildman–Crippen LogP) is 1.69. The standard InChI is InChI=1S/C11H13ClN4O/c1-2-16(7-3-6-13)11(17)10-8(12)4-5-9(14)15-10/h4-5H,2-3,7H2,1H3,(H2,14,15). The van der Waals surface area contributed by atoms with Gasteiger partial charge in [0.2, 0.25) is 0 Å². The molecule has 1 aromatic heterocycles. The second-order valence-electron chi connectivity index (χ2n) is 3.36. The smallest absolute Gasteiger partial charge is 0.274 e. The maximum Gasteiger partial charge on any atom is 0.274 e. The van der Waals surface area contributed by atoms with E-state index in [4.69, 9.17) is 22.6 Å². The number of carbonyl (C=O) groups excluding carboxylic acids is 1. The molecule has 0 saturated heterocycles. The second kappa shape index (κ2) is 6.06. The molecule has 1 heterocycles. The lowest BCUT2D eigenvalue weighted by atomic mass is 10.3. The van der Waals surface area contributed by atoms with E-state index >= 15 is 0 Å². The highest BCUT2D eigenvalue weighted by molar-refractivity contribution is 6.33. The predicted molar refractivity (Wildman–Crippen MR) is 65.5 cm³/mol. The summed E-state index contributed by atoms with van der Waals surface area (Å²) in [7, 11) is 0. The molecule has 0 saturated carbocycles. The van der Waals surface area contributed by atoms with Gasteiger partial charge >= 0.3 is 0 Å². The Balaban J connectivity index is 2.94. The molecule has 1 aromatic rings. The van der Waals surface area contributed by atoms with E-state index in [0.717, 1.165) is 0 Å². The van der Waals surface area contributed by atoms with Crippen LogP contribution in [0, 0.1) is 11.3 Å². The number of pyridine rings is 1. The third-order valence-corrected chi connectivity index (χ3v) is 2.54. The Hall–Kier alpha value is -1.80. The fourth-order valence-corrected chi connectivity index (χ4v) is 1.53. The van der Waals surface area contributed by atoms with Gasteiger partial charge in [0.25, 0.3) is 5.91 Å². The molecule has 90 valence electrons. The largest absolute Gasteiger partial charge is 0.384 e. The summed E-state index contributed by atoms with van der Waals surface area (Å²) in [5.74, 6) is -0.0610. The molecule has 0 radical (unpaired) electrons. The first-order valence-electron chi connectivity index (χ1n) is 5.18. The number of aromatic nitrogens is 1. The summed E-state index contributed by atoms with van der Waals surface area (Å²) in [6.45, 7) is 2.68. The van der Waals surface area contributed by atoms with Gasteiger partial charge in [-0.1, -0.05) is 11.6 Å². The molecule has 0 bridgehead atoms. The van der Waals surface area contributed by atoms with Gasteiger partial charge in [0.05, 0.1) is 17.5 Å². The molecule has 1 amide bonds. The van der Waals surface area contributed by atoms with E-state index in [-0.39, 0.29) is 28.9 Å². The van der Waals surface area contributed by atoms with Crippen LogP contribution in [0.2, 0.25) is 5.02 Å². The van der Waals surface area contributed by atoms with Crippen LogP contribution in [0.15, 0.2) is 12.1 Å². The minimum Gasteiger partial charge on any atom is -0.384 e. The molecule has 0 spiro atoms. The van der Waals surface area contributed by atoms with Crippen LogP contribution in [0.3, 0.4) is 0 Å². The molecule has 1 rings (SSSR count). The van der Waals surface area contributed by atoms with E-state index in [2.05, 4.69) is 4.98 Å². The Morgan fingerprint density at radius 2 is 2.35 bits per heavy atom. The van der Waals surface area contributed by atoms with Crippen molar-refractivity contribution >= 4 is 23.3 Å². The Morgan fingerprint density at radius 1 is 1.65 bits per heavy atom. The zero-order chi connectivity index (χ0) is 12.8. The summed E-state index contributed by atoms with van der Waals surface area (Å²) in [5, 5.41) is 8.78. The molecule has 0 aliphatic carbocycles. The van der Waals surface area contributed by atoms with Crippen LogP contribution in [-0.2, 0) is 0 Å². The third-order valence-electron chi connectivity index (χ3n) is 2.23. The molecular weight excluding hydrogens is 240 g/mol. The summed E-state index contributed by atoms with van der Waals surface area (Å²) in [4.78, 5) is 17.5. The summed E-state index contributed by atoms with van der Waals surface area (Å²) in [6.07, 6.45) is 0.277. The monoisotopic (exact) mass is 252 g/mol. The number of anilines is 1. The molecule has 0 aliphatic rings. The van der Waals surface area contributed by atoms with Gasteiger partial charge < -0.3 is 10.6 Å². The Bertz CT molecular complexity index is 455. The lowest BCUT2D eigenvalue weighted by Gasteiger charge is -2.19. The number of halogens is 1. The first-order valence-corrected chi connectivity index (χ1v) is 5.56. The van der Waals surface area contributed by atoms with Crippen LogP contribution in [-0.4, -0.2) is 28.9 Å². The quantitative estimate of drug-likeness (QED) is 0.884. The van der Waals surface area contributed by atoms with Crippen LogP contribution < -0.4 is 5.73 Å². The van der Waals surface area contributed by atoms with E-state index in [9.17, 15) is 4.79 Å². The van der Waals surface area contributed by atoms with Crippen molar-refractivity contribution in [2.75, 3.05) is 18.8 Å². The summed E-state index contributed by atoms with van der Waals surface area (Å²) >= 11 is 5.90. The van der Waals surface area contributed by atoms with Crippen molar-refractivity contribution in [1.82, 2.24) is 9.88 Å². The Morgan fingerprint density at radius 3 is 2.94 bits per heavy atom. The normalized spacial score (nSPS) is 9.71. The van der Waals surface area contributed by atoms with Gasteiger partial charge in [-0.15, -0.1) is 0 Å². The lowest BCUT2D eigenvalue weighted by Crippen LogP contribution is -2.32. The maximum absolute atomic E-state index is 12.1. The zero-order valence-corrected chi connectivity index (χ0v) is 10.2. The van der Waals surface area contributed by atoms with Crippen molar-refractivity contribution in [1.29, 1.82) is 5.26 Å². The summed E-state index contributed by atoms with van der Waals surface area (Å²) < 4.78 is 0. The van der Waals surface area contributed by atoms with Crippen LogP contribution in [0.5, 0.6) is 0 Å². The molecule has 0 aromatic carbocycles. The highest BCUT2D eigenvalue weighted by Crippen LogP contribution is 2.17. The van der Waals surface area contributed by atoms with Crippen molar-refractivity contribution in [3.05, 3.63) is 22.8 Å². The van der Waals surface area contributed by atoms with Crippen LogP contribution >= 0.6 is 11.6 Å². The highest BCUT2D eigenvalue weighted by atomic mass is 35.5. The van der Waals surface area contributed by atoms with E-state index in [1.807, 2.05) is 13.0 Å². The van der Waals surface area contributed by atoms with Gasteiger partial charge in [0.15, 0.2) is 0 Å². The fourth-order valence-electron chi connectivity index (χ4n) is 1.35.